The highest BCUT2D eigenvalue weighted by molar-refractivity contribution is 5.75. The number of benzene rings is 1. The molecule has 2 heterocycles. The molecule has 0 saturated carbocycles. The molecule has 80 valence electrons. The zero-order valence-corrected chi connectivity index (χ0v) is 9.22. The van der Waals surface area contributed by atoms with Crippen LogP contribution in [0.15, 0.2) is 54.9 Å². The maximum absolute atomic E-state index is 4.49. The van der Waals surface area contributed by atoms with Crippen molar-refractivity contribution in [2.45, 2.75) is 0 Å². The number of aromatic amines is 1. The van der Waals surface area contributed by atoms with Crippen molar-refractivity contribution in [2.24, 2.45) is 0 Å². The first kappa shape index (κ1) is 10.6. The second-order valence-corrected chi connectivity index (χ2v) is 3.36. The van der Waals surface area contributed by atoms with Gasteiger partial charge in [-0.15, -0.1) is 0 Å². The van der Waals surface area contributed by atoms with Gasteiger partial charge in [0.05, 0.1) is 12.4 Å². The summed E-state index contributed by atoms with van der Waals surface area (Å²) in [5, 5.41) is 0. The Morgan fingerprint density at radius 2 is 1.69 bits per heavy atom. The second kappa shape index (κ2) is 4.33. The van der Waals surface area contributed by atoms with E-state index in [2.05, 4.69) is 9.97 Å². The van der Waals surface area contributed by atoms with E-state index in [0.29, 0.717) is 0 Å². The highest BCUT2D eigenvalue weighted by Crippen LogP contribution is 2.09. The molecule has 0 aliphatic rings. The minimum absolute atomic E-state index is 0. The van der Waals surface area contributed by atoms with Crippen LogP contribution in [0.2, 0.25) is 0 Å². The highest BCUT2D eigenvalue weighted by atomic mass is 35.5. The highest BCUT2D eigenvalue weighted by Gasteiger charge is 2.11. The molecule has 1 N–H and O–H groups in total. The summed E-state index contributed by atoms with van der Waals surface area (Å²) >= 11 is 0. The number of hydrogen-bond donors (Lipinski definition) is 1. The maximum Gasteiger partial charge on any atom is 0.401 e. The van der Waals surface area contributed by atoms with Crippen molar-refractivity contribution in [3.8, 4) is 5.95 Å². The van der Waals surface area contributed by atoms with Crippen LogP contribution in [0.25, 0.3) is 17.0 Å². The summed E-state index contributed by atoms with van der Waals surface area (Å²) in [4.78, 5) is 7.75. The Hall–Kier alpha value is -1.87. The number of hydrogen-bond acceptors (Lipinski definition) is 1. The molecule has 0 radical (unpaired) electrons. The number of para-hydroxylation sites is 2. The van der Waals surface area contributed by atoms with Gasteiger partial charge in [0.2, 0.25) is 0 Å². The fraction of sp³-hybridized carbons (Fsp3) is 0. The van der Waals surface area contributed by atoms with Crippen LogP contribution >= 0.6 is 0 Å². The Morgan fingerprint density at radius 3 is 2.44 bits per heavy atom. The number of fused-ring (bicyclic) bond motifs is 1. The third kappa shape index (κ3) is 1.77. The number of halogens is 1. The van der Waals surface area contributed by atoms with E-state index in [-0.39, 0.29) is 12.4 Å². The smallest absolute Gasteiger partial charge is 0.401 e. The van der Waals surface area contributed by atoms with E-state index in [9.17, 15) is 0 Å². The number of pyridine rings is 1. The van der Waals surface area contributed by atoms with Crippen LogP contribution in [-0.4, -0.2) is 9.97 Å². The Labute approximate surface area is 99.2 Å². The molecule has 0 spiro atoms. The van der Waals surface area contributed by atoms with Crippen molar-refractivity contribution >= 4 is 11.0 Å². The lowest BCUT2D eigenvalue weighted by Gasteiger charge is -1.89. The van der Waals surface area contributed by atoms with Gasteiger partial charge in [0, 0.05) is 0 Å². The largest absolute Gasteiger partial charge is 1.00 e. The molecule has 0 amide bonds. The summed E-state index contributed by atoms with van der Waals surface area (Å²) in [6.45, 7) is 0. The van der Waals surface area contributed by atoms with E-state index in [0.717, 1.165) is 17.0 Å². The van der Waals surface area contributed by atoms with Crippen LogP contribution in [-0.2, 0) is 0 Å². The van der Waals surface area contributed by atoms with Gasteiger partial charge in [0.25, 0.3) is 0 Å². The third-order valence-corrected chi connectivity index (χ3v) is 2.34. The molecule has 0 aliphatic carbocycles. The normalized spacial score (nSPS) is 10.0. The SMILES string of the molecule is [Cl-].c1cc[n+](-c2nc3ccccc3[nH]2)cc1. The molecule has 4 heteroatoms. The van der Waals surface area contributed by atoms with Crippen LogP contribution in [0.4, 0.5) is 0 Å². The van der Waals surface area contributed by atoms with Crippen molar-refractivity contribution < 1.29 is 17.0 Å². The first-order valence-electron chi connectivity index (χ1n) is 4.85. The van der Waals surface area contributed by atoms with E-state index in [1.165, 1.54) is 0 Å². The molecular formula is C12H10ClN3. The standard InChI is InChI=1S/C12H10N3.ClH/c1-4-8-15(9-5-1)12-13-10-6-2-3-7-11(10)14-12;/h1-9H,(H,13,14);1H/q+1;/p-1. The minimum atomic E-state index is 0. The average molecular weight is 232 g/mol. The molecule has 0 aliphatic heterocycles. The van der Waals surface area contributed by atoms with E-state index in [4.69, 9.17) is 0 Å². The molecule has 2 aromatic heterocycles. The molecule has 0 bridgehead atoms. The Balaban J connectivity index is 0.000000963. The molecule has 0 fully saturated rings. The summed E-state index contributed by atoms with van der Waals surface area (Å²) in [6.07, 6.45) is 3.94. The first-order valence-corrected chi connectivity index (χ1v) is 4.85. The number of nitrogens with zero attached hydrogens (tertiary/aromatic N) is 2. The molecule has 3 aromatic rings. The van der Waals surface area contributed by atoms with Crippen LogP contribution < -0.4 is 17.0 Å². The number of imidazole rings is 1. The predicted molar refractivity (Wildman–Crippen MR) is 57.6 cm³/mol. The maximum atomic E-state index is 4.49. The summed E-state index contributed by atoms with van der Waals surface area (Å²) < 4.78 is 1.96. The lowest BCUT2D eigenvalue weighted by Crippen LogP contribution is -3.00. The van der Waals surface area contributed by atoms with Gasteiger partial charge >= 0.3 is 5.95 Å². The third-order valence-electron chi connectivity index (χ3n) is 2.34. The van der Waals surface area contributed by atoms with Crippen molar-refractivity contribution in [1.82, 2.24) is 9.97 Å². The quantitative estimate of drug-likeness (QED) is 0.527. The van der Waals surface area contributed by atoms with E-state index >= 15 is 0 Å². The molecule has 0 saturated heterocycles. The summed E-state index contributed by atoms with van der Waals surface area (Å²) in [6, 6.07) is 14.0. The van der Waals surface area contributed by atoms with Gasteiger partial charge in [-0.1, -0.05) is 23.2 Å². The lowest BCUT2D eigenvalue weighted by atomic mass is 10.3. The van der Waals surface area contributed by atoms with Crippen LogP contribution in [0.1, 0.15) is 0 Å². The Bertz CT molecular complexity index is 556. The van der Waals surface area contributed by atoms with Gasteiger partial charge in [-0.3, -0.25) is 0 Å². The Morgan fingerprint density at radius 1 is 0.938 bits per heavy atom. The van der Waals surface area contributed by atoms with Gasteiger partial charge in [-0.2, -0.15) is 0 Å². The topological polar surface area (TPSA) is 32.6 Å². The predicted octanol–water partition coefficient (Wildman–Crippen LogP) is -1.16. The average Bonchev–Trinajstić information content (AvgIpc) is 2.74. The van der Waals surface area contributed by atoms with Gasteiger partial charge in [-0.05, 0) is 24.3 Å². The number of nitrogens with one attached hydrogen (secondary N) is 1. The van der Waals surface area contributed by atoms with Crippen LogP contribution in [0, 0.1) is 0 Å². The summed E-state index contributed by atoms with van der Waals surface area (Å²) in [5.74, 6) is 0.844. The second-order valence-electron chi connectivity index (χ2n) is 3.36. The van der Waals surface area contributed by atoms with E-state index in [1.807, 2.05) is 59.4 Å². The summed E-state index contributed by atoms with van der Waals surface area (Å²) in [5.41, 5.74) is 2.05. The van der Waals surface area contributed by atoms with Crippen molar-refractivity contribution in [3.63, 3.8) is 0 Å². The van der Waals surface area contributed by atoms with E-state index < -0.39 is 0 Å². The number of H-pyrrole nitrogens is 1. The Kier molecular flexibility index (Phi) is 2.88. The van der Waals surface area contributed by atoms with Crippen molar-refractivity contribution in [2.75, 3.05) is 0 Å². The monoisotopic (exact) mass is 231 g/mol. The number of aromatic nitrogens is 3. The molecular weight excluding hydrogens is 222 g/mol. The fourth-order valence-electron chi connectivity index (χ4n) is 1.60. The molecule has 0 atom stereocenters. The molecule has 3 nitrogen and oxygen atoms in total. The lowest BCUT2D eigenvalue weighted by molar-refractivity contribution is -0.603. The molecule has 3 rings (SSSR count). The summed E-state index contributed by atoms with van der Waals surface area (Å²) in [7, 11) is 0. The number of rotatable bonds is 1. The first-order chi connectivity index (χ1) is 7.43. The van der Waals surface area contributed by atoms with Crippen LogP contribution in [0.5, 0.6) is 0 Å². The van der Waals surface area contributed by atoms with Crippen molar-refractivity contribution in [3.05, 3.63) is 54.9 Å². The van der Waals surface area contributed by atoms with Crippen molar-refractivity contribution in [1.29, 1.82) is 0 Å². The van der Waals surface area contributed by atoms with Crippen LogP contribution in [0.3, 0.4) is 0 Å². The minimum Gasteiger partial charge on any atom is -1.00 e. The molecule has 16 heavy (non-hydrogen) atoms. The van der Waals surface area contributed by atoms with Gasteiger partial charge in [0.1, 0.15) is 5.52 Å². The van der Waals surface area contributed by atoms with Gasteiger partial charge in [0.15, 0.2) is 5.52 Å². The van der Waals surface area contributed by atoms with Gasteiger partial charge in [-0.25, -0.2) is 9.55 Å². The van der Waals surface area contributed by atoms with E-state index in [1.54, 1.807) is 0 Å². The zero-order chi connectivity index (χ0) is 10.1. The fourth-order valence-corrected chi connectivity index (χ4v) is 1.60. The molecule has 0 unspecified atom stereocenters. The zero-order valence-electron chi connectivity index (χ0n) is 8.47. The molecule has 1 aromatic carbocycles. The van der Waals surface area contributed by atoms with Gasteiger partial charge < -0.3 is 12.4 Å².